The van der Waals surface area contributed by atoms with Crippen LogP contribution in [-0.4, -0.2) is 35.7 Å². The summed E-state index contributed by atoms with van der Waals surface area (Å²) in [6.07, 6.45) is -5.35. The number of halogens is 3. The molecule has 0 aliphatic heterocycles. The lowest BCUT2D eigenvalue weighted by atomic mass is 10.1. The van der Waals surface area contributed by atoms with Crippen molar-refractivity contribution in [2.24, 2.45) is 0 Å². The number of nitrogens with one attached hydrogen (secondary N) is 2. The number of aliphatic hydroxyl groups excluding tert-OH is 1. The van der Waals surface area contributed by atoms with Crippen molar-refractivity contribution in [1.29, 1.82) is 0 Å². The first kappa shape index (κ1) is 18.0. The summed E-state index contributed by atoms with van der Waals surface area (Å²) in [4.78, 5) is 23.3. The topological polar surface area (TPSA) is 78.4 Å². The summed E-state index contributed by atoms with van der Waals surface area (Å²) in [5.74, 6) is -2.03. The molecular weight excluding hydrogens is 301 g/mol. The van der Waals surface area contributed by atoms with E-state index in [0.717, 1.165) is 0 Å². The summed E-state index contributed by atoms with van der Waals surface area (Å²) >= 11 is 0. The first-order chi connectivity index (χ1) is 10.2. The highest BCUT2D eigenvalue weighted by Crippen LogP contribution is 2.25. The maximum Gasteiger partial charge on any atom is 0.393 e. The number of aliphatic hydroxyl groups is 1. The Kier molecular flexibility index (Phi) is 6.36. The third-order valence-corrected chi connectivity index (χ3v) is 2.80. The van der Waals surface area contributed by atoms with Crippen molar-refractivity contribution < 1.29 is 27.9 Å². The van der Waals surface area contributed by atoms with E-state index in [4.69, 9.17) is 5.11 Å². The van der Waals surface area contributed by atoms with Gasteiger partial charge >= 0.3 is 18.0 Å². The SMILES string of the molecule is C[C@H](CCO)NC(=O)C(=O)Nc1ccccc1CC(F)(F)F. The first-order valence-electron chi connectivity index (χ1n) is 6.60. The largest absolute Gasteiger partial charge is 0.396 e. The monoisotopic (exact) mass is 318 g/mol. The second-order valence-corrected chi connectivity index (χ2v) is 4.79. The molecule has 0 aliphatic carbocycles. The van der Waals surface area contributed by atoms with Crippen LogP contribution in [0.5, 0.6) is 0 Å². The zero-order valence-corrected chi connectivity index (χ0v) is 11.9. The molecule has 0 saturated carbocycles. The molecule has 1 atom stereocenters. The van der Waals surface area contributed by atoms with Crippen LogP contribution < -0.4 is 10.6 Å². The van der Waals surface area contributed by atoms with Gasteiger partial charge in [0.2, 0.25) is 0 Å². The maximum atomic E-state index is 12.5. The van der Waals surface area contributed by atoms with E-state index in [9.17, 15) is 22.8 Å². The number of amides is 2. The van der Waals surface area contributed by atoms with Crippen LogP contribution in [0, 0.1) is 0 Å². The van der Waals surface area contributed by atoms with Crippen molar-refractivity contribution in [2.45, 2.75) is 32.0 Å². The van der Waals surface area contributed by atoms with Gasteiger partial charge in [0, 0.05) is 18.3 Å². The number of alkyl halides is 3. The molecule has 5 nitrogen and oxygen atoms in total. The third kappa shape index (κ3) is 6.13. The Morgan fingerprint density at radius 3 is 2.45 bits per heavy atom. The summed E-state index contributed by atoms with van der Waals surface area (Å²) in [6.45, 7) is 1.44. The minimum absolute atomic E-state index is 0.0604. The van der Waals surface area contributed by atoms with Crippen LogP contribution >= 0.6 is 0 Å². The van der Waals surface area contributed by atoms with Gasteiger partial charge in [0.1, 0.15) is 0 Å². The fourth-order valence-electron chi connectivity index (χ4n) is 1.75. The van der Waals surface area contributed by atoms with Crippen LogP contribution in [0.2, 0.25) is 0 Å². The van der Waals surface area contributed by atoms with E-state index in [-0.39, 0.29) is 24.3 Å². The summed E-state index contributed by atoms with van der Waals surface area (Å²) < 4.78 is 37.4. The Morgan fingerprint density at radius 2 is 1.86 bits per heavy atom. The van der Waals surface area contributed by atoms with E-state index < -0.39 is 30.5 Å². The van der Waals surface area contributed by atoms with Crippen molar-refractivity contribution >= 4 is 17.5 Å². The average molecular weight is 318 g/mol. The molecule has 0 bridgehead atoms. The van der Waals surface area contributed by atoms with Crippen LogP contribution in [0.25, 0.3) is 0 Å². The molecule has 0 aliphatic rings. The lowest BCUT2D eigenvalue weighted by Gasteiger charge is -2.14. The number of carbonyl (C=O) groups is 2. The molecule has 3 N–H and O–H groups in total. The Balaban J connectivity index is 2.74. The molecular formula is C14H17F3N2O3. The molecule has 0 fully saturated rings. The highest BCUT2D eigenvalue weighted by atomic mass is 19.4. The minimum Gasteiger partial charge on any atom is -0.396 e. The van der Waals surface area contributed by atoms with Crippen molar-refractivity contribution in [3.05, 3.63) is 29.8 Å². The van der Waals surface area contributed by atoms with E-state index in [1.54, 1.807) is 6.92 Å². The van der Waals surface area contributed by atoms with Crippen molar-refractivity contribution in [1.82, 2.24) is 5.32 Å². The smallest absolute Gasteiger partial charge is 0.393 e. The van der Waals surface area contributed by atoms with Crippen molar-refractivity contribution in [3.8, 4) is 0 Å². The first-order valence-corrected chi connectivity index (χ1v) is 6.60. The Labute approximate surface area is 125 Å². The van der Waals surface area contributed by atoms with Crippen LogP contribution in [0.3, 0.4) is 0 Å². The van der Waals surface area contributed by atoms with Gasteiger partial charge in [-0.1, -0.05) is 18.2 Å². The van der Waals surface area contributed by atoms with Gasteiger partial charge in [-0.05, 0) is 25.0 Å². The number of hydrogen-bond acceptors (Lipinski definition) is 3. The van der Waals surface area contributed by atoms with Crippen LogP contribution in [-0.2, 0) is 16.0 Å². The van der Waals surface area contributed by atoms with Crippen molar-refractivity contribution in [3.63, 3.8) is 0 Å². The summed E-state index contributed by atoms with van der Waals surface area (Å²) in [7, 11) is 0. The van der Waals surface area contributed by atoms with Crippen molar-refractivity contribution in [2.75, 3.05) is 11.9 Å². The number of para-hydroxylation sites is 1. The molecule has 0 radical (unpaired) electrons. The van der Waals surface area contributed by atoms with Crippen LogP contribution in [0.1, 0.15) is 18.9 Å². The highest BCUT2D eigenvalue weighted by Gasteiger charge is 2.29. The second-order valence-electron chi connectivity index (χ2n) is 4.79. The number of hydrogen-bond donors (Lipinski definition) is 3. The van der Waals surface area contributed by atoms with E-state index >= 15 is 0 Å². The Morgan fingerprint density at radius 1 is 1.23 bits per heavy atom. The normalized spacial score (nSPS) is 12.6. The molecule has 0 heterocycles. The van der Waals surface area contributed by atoms with Gasteiger partial charge in [0.25, 0.3) is 0 Å². The summed E-state index contributed by atoms with van der Waals surface area (Å²) in [5.41, 5.74) is -0.186. The van der Waals surface area contributed by atoms with Gasteiger partial charge in [-0.2, -0.15) is 13.2 Å². The fourth-order valence-corrected chi connectivity index (χ4v) is 1.75. The van der Waals surface area contributed by atoms with Gasteiger partial charge in [-0.25, -0.2) is 0 Å². The molecule has 122 valence electrons. The van der Waals surface area contributed by atoms with Gasteiger partial charge in [-0.3, -0.25) is 9.59 Å². The maximum absolute atomic E-state index is 12.5. The summed E-state index contributed by atoms with van der Waals surface area (Å²) in [6, 6.07) is 4.98. The van der Waals surface area contributed by atoms with Crippen LogP contribution in [0.15, 0.2) is 24.3 Å². The molecule has 22 heavy (non-hydrogen) atoms. The van der Waals surface area contributed by atoms with Crippen LogP contribution in [0.4, 0.5) is 18.9 Å². The Bertz CT molecular complexity index is 532. The number of rotatable bonds is 5. The van der Waals surface area contributed by atoms with Gasteiger partial charge in [0.05, 0.1) is 6.42 Å². The minimum atomic E-state index is -4.42. The van der Waals surface area contributed by atoms with E-state index in [0.29, 0.717) is 0 Å². The molecule has 0 spiro atoms. The standard InChI is InChI=1S/C14H17F3N2O3/c1-9(6-7-20)18-12(21)13(22)19-11-5-3-2-4-10(11)8-14(15,16)17/h2-5,9,20H,6-8H2,1H3,(H,18,21)(H,19,22)/t9-/m1/s1. The van der Waals surface area contributed by atoms with E-state index in [2.05, 4.69) is 10.6 Å². The van der Waals surface area contributed by atoms with E-state index in [1.807, 2.05) is 0 Å². The molecule has 0 aromatic heterocycles. The summed E-state index contributed by atoms with van der Waals surface area (Å²) in [5, 5.41) is 13.2. The predicted molar refractivity (Wildman–Crippen MR) is 74.1 cm³/mol. The average Bonchev–Trinajstić information content (AvgIpc) is 2.39. The third-order valence-electron chi connectivity index (χ3n) is 2.80. The lowest BCUT2D eigenvalue weighted by molar-refractivity contribution is -0.136. The fraction of sp³-hybridized carbons (Fsp3) is 0.429. The zero-order chi connectivity index (χ0) is 16.8. The predicted octanol–water partition coefficient (Wildman–Crippen LogP) is 1.62. The number of benzene rings is 1. The van der Waals surface area contributed by atoms with E-state index in [1.165, 1.54) is 24.3 Å². The van der Waals surface area contributed by atoms with Gasteiger partial charge < -0.3 is 15.7 Å². The molecule has 1 rings (SSSR count). The molecule has 2 amide bonds. The number of carbonyl (C=O) groups excluding carboxylic acids is 2. The molecule has 0 unspecified atom stereocenters. The Hall–Kier alpha value is -2.09. The highest BCUT2D eigenvalue weighted by molar-refractivity contribution is 6.39. The zero-order valence-electron chi connectivity index (χ0n) is 11.9. The molecule has 0 saturated heterocycles. The molecule has 1 aromatic rings. The lowest BCUT2D eigenvalue weighted by Crippen LogP contribution is -2.41. The molecule has 8 heteroatoms. The second kappa shape index (κ2) is 7.79. The van der Waals surface area contributed by atoms with Gasteiger partial charge in [0.15, 0.2) is 0 Å². The van der Waals surface area contributed by atoms with Gasteiger partial charge in [-0.15, -0.1) is 0 Å². The quantitative estimate of drug-likeness (QED) is 0.722. The number of anilines is 1. The molecule has 1 aromatic carbocycles.